The second-order valence-electron chi connectivity index (χ2n) is 5.05. The number of nitrogens with zero attached hydrogens (tertiary/aromatic N) is 1. The molecule has 0 N–H and O–H groups in total. The average molecular weight is 368 g/mol. The van der Waals surface area contributed by atoms with Crippen LogP contribution < -0.4 is 5.56 Å². The van der Waals surface area contributed by atoms with Gasteiger partial charge >= 0.3 is 5.97 Å². The molecule has 0 amide bonds. The lowest BCUT2D eigenvalue weighted by atomic mass is 10.1. The summed E-state index contributed by atoms with van der Waals surface area (Å²) in [6.07, 6.45) is 1.24. The molecule has 0 atom stereocenters. The summed E-state index contributed by atoms with van der Waals surface area (Å²) in [4.78, 5) is 34.5. The Kier molecular flexibility index (Phi) is 6.17. The monoisotopic (exact) mass is 367 g/mol. The van der Waals surface area contributed by atoms with Crippen molar-refractivity contribution in [1.29, 1.82) is 0 Å². The topological polar surface area (TPSA) is 65.4 Å². The Morgan fingerprint density at radius 3 is 2.46 bits per heavy atom. The van der Waals surface area contributed by atoms with Crippen LogP contribution in [0.5, 0.6) is 0 Å². The summed E-state index contributed by atoms with van der Waals surface area (Å²) in [5.41, 5.74) is 1.42. The number of carbonyl (C=O) groups is 2. The predicted molar refractivity (Wildman–Crippen MR) is 92.0 cm³/mol. The van der Waals surface area contributed by atoms with Gasteiger partial charge in [-0.3, -0.25) is 4.79 Å². The smallest absolute Gasteiger partial charge is 0.337 e. The minimum absolute atomic E-state index is 0.00990. The summed E-state index contributed by atoms with van der Waals surface area (Å²) < 4.78 is 6.05. The van der Waals surface area contributed by atoms with E-state index in [0.29, 0.717) is 30.5 Å². The number of methoxy groups -OCH3 is 1. The highest BCUT2D eigenvalue weighted by molar-refractivity contribution is 6.34. The van der Waals surface area contributed by atoms with E-state index < -0.39 is 5.97 Å². The lowest BCUT2D eigenvalue weighted by molar-refractivity contribution is -0.107. The molecule has 5 nitrogen and oxygen atoms in total. The lowest BCUT2D eigenvalue weighted by Crippen LogP contribution is -2.25. The summed E-state index contributed by atoms with van der Waals surface area (Å²) in [5.74, 6) is -0.410. The number of ether oxygens (including phenoxy) is 1. The largest absolute Gasteiger partial charge is 0.465 e. The van der Waals surface area contributed by atoms with Crippen molar-refractivity contribution in [1.82, 2.24) is 4.57 Å². The van der Waals surface area contributed by atoms with Crippen molar-refractivity contribution in [2.75, 3.05) is 7.11 Å². The van der Waals surface area contributed by atoms with Gasteiger partial charge in [-0.05, 0) is 30.2 Å². The van der Waals surface area contributed by atoms with Crippen molar-refractivity contribution < 1.29 is 14.3 Å². The van der Waals surface area contributed by atoms with Gasteiger partial charge in [-0.15, -0.1) is 0 Å². The maximum atomic E-state index is 12.2. The average Bonchev–Trinajstić information content (AvgIpc) is 2.59. The minimum atomic E-state index is -0.410. The molecule has 1 aromatic carbocycles. The third-order valence-corrected chi connectivity index (χ3v) is 4.18. The Hall–Kier alpha value is -2.11. The van der Waals surface area contributed by atoms with Crippen LogP contribution in [-0.2, 0) is 28.9 Å². The van der Waals surface area contributed by atoms with E-state index in [-0.39, 0.29) is 22.0 Å². The number of aldehydes is 1. The van der Waals surface area contributed by atoms with E-state index in [1.807, 2.05) is 0 Å². The van der Waals surface area contributed by atoms with Crippen molar-refractivity contribution in [2.45, 2.75) is 19.4 Å². The van der Waals surface area contributed by atoms with Gasteiger partial charge in [0.15, 0.2) is 0 Å². The number of rotatable bonds is 6. The van der Waals surface area contributed by atoms with Gasteiger partial charge in [0.1, 0.15) is 11.3 Å². The molecule has 0 saturated carbocycles. The van der Waals surface area contributed by atoms with E-state index in [2.05, 4.69) is 4.74 Å². The van der Waals surface area contributed by atoms with E-state index in [9.17, 15) is 14.4 Å². The second-order valence-corrected chi connectivity index (χ2v) is 5.87. The van der Waals surface area contributed by atoms with E-state index in [1.54, 1.807) is 24.3 Å². The predicted octanol–water partition coefficient (Wildman–Crippen LogP) is 2.93. The third kappa shape index (κ3) is 4.04. The van der Waals surface area contributed by atoms with Crippen LogP contribution >= 0.6 is 23.2 Å². The fraction of sp³-hybridized carbons (Fsp3) is 0.235. The van der Waals surface area contributed by atoms with Crippen molar-refractivity contribution in [2.24, 2.45) is 0 Å². The van der Waals surface area contributed by atoms with Crippen molar-refractivity contribution in [3.05, 3.63) is 67.6 Å². The number of aryl methyl sites for hydroxylation is 1. The summed E-state index contributed by atoms with van der Waals surface area (Å²) >= 11 is 12.0. The molecule has 0 spiro atoms. The Morgan fingerprint density at radius 1 is 1.21 bits per heavy atom. The van der Waals surface area contributed by atoms with Gasteiger partial charge in [-0.25, -0.2) is 4.79 Å². The highest BCUT2D eigenvalue weighted by atomic mass is 35.5. The molecule has 0 saturated heterocycles. The molecule has 0 fully saturated rings. The molecular weight excluding hydrogens is 353 g/mol. The molecule has 0 radical (unpaired) electrons. The first-order valence-corrected chi connectivity index (χ1v) is 7.92. The summed E-state index contributed by atoms with van der Waals surface area (Å²) in [6.45, 7) is 0.319. The first-order chi connectivity index (χ1) is 11.5. The molecule has 1 heterocycles. The third-order valence-electron chi connectivity index (χ3n) is 3.58. The Balaban J connectivity index is 2.24. The number of esters is 1. The molecule has 7 heteroatoms. The van der Waals surface area contributed by atoms with Gasteiger partial charge < -0.3 is 14.1 Å². The SMILES string of the molecule is COC(=O)c1ccc(CCn2c(CC=O)c(Cl)cc(Cl)c2=O)cc1. The zero-order chi connectivity index (χ0) is 17.7. The molecule has 0 aliphatic carbocycles. The minimum Gasteiger partial charge on any atom is -0.465 e. The number of benzene rings is 1. The standard InChI is InChI=1S/C17H15Cl2NO4/c1-24-17(23)12-4-2-11(3-5-12)6-8-20-15(7-9-21)13(18)10-14(19)16(20)22/h2-5,9-10H,6-8H2,1H3. The van der Waals surface area contributed by atoms with E-state index >= 15 is 0 Å². The van der Waals surface area contributed by atoms with Gasteiger partial charge in [-0.1, -0.05) is 35.3 Å². The van der Waals surface area contributed by atoms with E-state index in [1.165, 1.54) is 17.7 Å². The van der Waals surface area contributed by atoms with Crippen molar-refractivity contribution in [3.8, 4) is 0 Å². The number of carbonyl (C=O) groups excluding carboxylic acids is 2. The van der Waals surface area contributed by atoms with Crippen LogP contribution in [-0.4, -0.2) is 23.9 Å². The molecule has 2 rings (SSSR count). The highest BCUT2D eigenvalue weighted by Crippen LogP contribution is 2.19. The molecule has 0 bridgehead atoms. The molecule has 24 heavy (non-hydrogen) atoms. The van der Waals surface area contributed by atoms with Crippen LogP contribution in [0.1, 0.15) is 21.6 Å². The number of halogens is 2. The Bertz CT molecular complexity index is 813. The number of pyridine rings is 1. The molecule has 0 unspecified atom stereocenters. The fourth-order valence-corrected chi connectivity index (χ4v) is 2.88. The molecule has 0 aliphatic rings. The first-order valence-electron chi connectivity index (χ1n) is 7.16. The summed E-state index contributed by atoms with van der Waals surface area (Å²) in [5, 5.41) is 0.295. The Labute approximate surface area is 148 Å². The van der Waals surface area contributed by atoms with Crippen LogP contribution in [0.15, 0.2) is 35.1 Å². The molecule has 0 aliphatic heterocycles. The number of aromatic nitrogens is 1. The number of hydrogen-bond acceptors (Lipinski definition) is 4. The fourth-order valence-electron chi connectivity index (χ4n) is 2.33. The zero-order valence-corrected chi connectivity index (χ0v) is 14.4. The van der Waals surface area contributed by atoms with E-state index in [0.717, 1.165) is 5.56 Å². The maximum absolute atomic E-state index is 12.2. The lowest BCUT2D eigenvalue weighted by Gasteiger charge is -2.13. The summed E-state index contributed by atoms with van der Waals surface area (Å²) in [7, 11) is 1.32. The molecule has 126 valence electrons. The molecular formula is C17H15Cl2NO4. The van der Waals surface area contributed by atoms with Gasteiger partial charge in [-0.2, -0.15) is 0 Å². The van der Waals surface area contributed by atoms with Crippen LogP contribution in [0.3, 0.4) is 0 Å². The van der Waals surface area contributed by atoms with Crippen molar-refractivity contribution in [3.63, 3.8) is 0 Å². The summed E-state index contributed by atoms with van der Waals surface area (Å²) in [6, 6.07) is 8.22. The quantitative estimate of drug-likeness (QED) is 0.581. The van der Waals surface area contributed by atoms with Gasteiger partial charge in [0, 0.05) is 18.7 Å². The van der Waals surface area contributed by atoms with Gasteiger partial charge in [0.05, 0.1) is 17.7 Å². The zero-order valence-electron chi connectivity index (χ0n) is 12.9. The maximum Gasteiger partial charge on any atom is 0.337 e. The van der Waals surface area contributed by atoms with Crippen LogP contribution in [0.25, 0.3) is 0 Å². The Morgan fingerprint density at radius 2 is 1.88 bits per heavy atom. The van der Waals surface area contributed by atoms with Crippen LogP contribution in [0.2, 0.25) is 10.0 Å². The molecule has 2 aromatic rings. The van der Waals surface area contributed by atoms with E-state index in [4.69, 9.17) is 23.2 Å². The van der Waals surface area contributed by atoms with Gasteiger partial charge in [0.2, 0.25) is 0 Å². The van der Waals surface area contributed by atoms with Gasteiger partial charge in [0.25, 0.3) is 5.56 Å². The van der Waals surface area contributed by atoms with Crippen molar-refractivity contribution >= 4 is 35.5 Å². The second kappa shape index (κ2) is 8.13. The van der Waals surface area contributed by atoms with Crippen LogP contribution in [0, 0.1) is 0 Å². The van der Waals surface area contributed by atoms with Crippen LogP contribution in [0.4, 0.5) is 0 Å². The first kappa shape index (κ1) is 18.2. The molecule has 1 aromatic heterocycles. The number of hydrogen-bond donors (Lipinski definition) is 0. The highest BCUT2D eigenvalue weighted by Gasteiger charge is 2.13. The normalized spacial score (nSPS) is 10.5.